The Morgan fingerprint density at radius 2 is 2.10 bits per heavy atom. The number of nitrogen functional groups attached to an aromatic ring is 1. The summed E-state index contributed by atoms with van der Waals surface area (Å²) in [5, 5.41) is 0.883. The van der Waals surface area contributed by atoms with Crippen molar-refractivity contribution in [1.29, 1.82) is 0 Å². The van der Waals surface area contributed by atoms with E-state index in [4.69, 9.17) is 10.5 Å². The molecule has 2 fully saturated rings. The molecule has 1 aromatic heterocycles. The van der Waals surface area contributed by atoms with Crippen LogP contribution in [-0.4, -0.2) is 55.2 Å². The van der Waals surface area contributed by atoms with Gasteiger partial charge in [0.15, 0.2) is 5.13 Å². The number of piperidine rings is 1. The second-order valence-electron chi connectivity index (χ2n) is 5.66. The maximum Gasteiger partial charge on any atom is 0.267 e. The molecule has 1 atom stereocenters. The summed E-state index contributed by atoms with van der Waals surface area (Å²) in [5.74, 6) is 0.364. The van der Waals surface area contributed by atoms with Gasteiger partial charge in [0.05, 0.1) is 6.10 Å². The molecule has 0 aliphatic carbocycles. The number of nitrogens with two attached hydrogens (primary N) is 1. The van der Waals surface area contributed by atoms with Gasteiger partial charge in [-0.15, -0.1) is 0 Å². The van der Waals surface area contributed by atoms with E-state index >= 15 is 0 Å². The largest absolute Gasteiger partial charge is 0.382 e. The highest BCUT2D eigenvalue weighted by Crippen LogP contribution is 2.31. The summed E-state index contributed by atoms with van der Waals surface area (Å²) >= 11 is 1.43. The molecular weight excluding hydrogens is 288 g/mol. The fourth-order valence-corrected chi connectivity index (χ4v) is 3.98. The Labute approximate surface area is 128 Å². The minimum Gasteiger partial charge on any atom is -0.382 e. The fraction of sp³-hybridized carbons (Fsp3) is 0.714. The normalized spacial score (nSPS) is 22.8. The first-order valence-corrected chi connectivity index (χ1v) is 8.34. The lowest BCUT2D eigenvalue weighted by molar-refractivity contribution is 0.0272. The number of anilines is 2. The van der Waals surface area contributed by atoms with Crippen LogP contribution in [0.25, 0.3) is 0 Å². The van der Waals surface area contributed by atoms with Crippen LogP contribution in [0, 0.1) is 0 Å². The van der Waals surface area contributed by atoms with Gasteiger partial charge in [-0.25, -0.2) is 4.98 Å². The Bertz CT molecular complexity index is 513. The number of carbonyl (C=O) groups is 1. The van der Waals surface area contributed by atoms with Crippen LogP contribution in [0.15, 0.2) is 0 Å². The highest BCUT2D eigenvalue weighted by Gasteiger charge is 2.28. The van der Waals surface area contributed by atoms with Crippen molar-refractivity contribution in [1.82, 2.24) is 9.88 Å². The molecule has 0 saturated carbocycles. The third-order valence-corrected chi connectivity index (χ3v) is 5.33. The van der Waals surface area contributed by atoms with E-state index < -0.39 is 0 Å². The van der Waals surface area contributed by atoms with E-state index in [-0.39, 0.29) is 12.0 Å². The molecule has 1 unspecified atom stereocenters. The third kappa shape index (κ3) is 2.98. The van der Waals surface area contributed by atoms with E-state index in [0.717, 1.165) is 37.6 Å². The molecule has 3 heterocycles. The minimum absolute atomic E-state index is 0.00260. The van der Waals surface area contributed by atoms with Crippen molar-refractivity contribution in [3.63, 3.8) is 0 Å². The summed E-state index contributed by atoms with van der Waals surface area (Å²) in [6, 6.07) is 0. The van der Waals surface area contributed by atoms with Gasteiger partial charge in [0, 0.05) is 33.3 Å². The highest BCUT2D eigenvalue weighted by molar-refractivity contribution is 7.18. The lowest BCUT2D eigenvalue weighted by Crippen LogP contribution is -2.42. The Kier molecular flexibility index (Phi) is 4.30. The fourth-order valence-electron chi connectivity index (χ4n) is 2.98. The van der Waals surface area contributed by atoms with Gasteiger partial charge in [-0.1, -0.05) is 11.3 Å². The molecule has 21 heavy (non-hydrogen) atoms. The molecule has 1 aromatic rings. The lowest BCUT2D eigenvalue weighted by atomic mass is 10.1. The number of thiazole rings is 1. The first kappa shape index (κ1) is 14.6. The van der Waals surface area contributed by atoms with E-state index in [1.807, 2.05) is 4.90 Å². The van der Waals surface area contributed by atoms with Gasteiger partial charge in [0.25, 0.3) is 5.91 Å². The number of aromatic nitrogens is 1. The van der Waals surface area contributed by atoms with Crippen LogP contribution in [-0.2, 0) is 4.74 Å². The minimum atomic E-state index is -0.00260. The average molecular weight is 310 g/mol. The molecule has 2 saturated heterocycles. The van der Waals surface area contributed by atoms with Crippen molar-refractivity contribution in [2.75, 3.05) is 43.9 Å². The zero-order chi connectivity index (χ0) is 14.8. The molecule has 0 radical (unpaired) electrons. The quantitative estimate of drug-likeness (QED) is 0.917. The lowest BCUT2D eigenvalue weighted by Gasteiger charge is -2.31. The molecule has 2 aliphatic rings. The van der Waals surface area contributed by atoms with E-state index in [1.165, 1.54) is 24.2 Å². The predicted molar refractivity (Wildman–Crippen MR) is 83.9 cm³/mol. The topological polar surface area (TPSA) is 71.7 Å². The smallest absolute Gasteiger partial charge is 0.267 e. The van der Waals surface area contributed by atoms with Crippen LogP contribution < -0.4 is 10.6 Å². The molecule has 2 aliphatic heterocycles. The first-order valence-electron chi connectivity index (χ1n) is 7.52. The van der Waals surface area contributed by atoms with Crippen molar-refractivity contribution in [3.05, 3.63) is 4.88 Å². The zero-order valence-corrected chi connectivity index (χ0v) is 13.2. The summed E-state index contributed by atoms with van der Waals surface area (Å²) in [5.41, 5.74) is 5.98. The summed E-state index contributed by atoms with van der Waals surface area (Å²) in [6.07, 6.45) is 4.49. The molecule has 2 N–H and O–H groups in total. The number of carbonyl (C=O) groups excluding carboxylic acids is 1. The second kappa shape index (κ2) is 6.19. The Morgan fingerprint density at radius 1 is 1.33 bits per heavy atom. The second-order valence-corrected chi connectivity index (χ2v) is 6.63. The van der Waals surface area contributed by atoms with Gasteiger partial charge in [-0.2, -0.15) is 0 Å². The van der Waals surface area contributed by atoms with Gasteiger partial charge in [-0.3, -0.25) is 4.79 Å². The molecule has 0 spiro atoms. The molecule has 1 amide bonds. The SMILES string of the molecule is COC1CCCN(C(=O)c2sc(N3CCCC3)nc2N)C1. The number of likely N-dealkylation sites (tertiary alicyclic amines) is 1. The van der Waals surface area contributed by atoms with Crippen LogP contribution in [0.3, 0.4) is 0 Å². The molecule has 3 rings (SSSR count). The number of hydrogen-bond acceptors (Lipinski definition) is 6. The highest BCUT2D eigenvalue weighted by atomic mass is 32.1. The van der Waals surface area contributed by atoms with Crippen molar-refractivity contribution in [2.45, 2.75) is 31.8 Å². The van der Waals surface area contributed by atoms with Crippen LogP contribution >= 0.6 is 11.3 Å². The predicted octanol–water partition coefficient (Wildman–Crippen LogP) is 1.58. The van der Waals surface area contributed by atoms with Crippen LogP contribution in [0.5, 0.6) is 0 Å². The van der Waals surface area contributed by atoms with Crippen LogP contribution in [0.1, 0.15) is 35.4 Å². The van der Waals surface area contributed by atoms with Crippen molar-refractivity contribution in [2.24, 2.45) is 0 Å². The van der Waals surface area contributed by atoms with Crippen molar-refractivity contribution in [3.8, 4) is 0 Å². The summed E-state index contributed by atoms with van der Waals surface area (Å²) in [7, 11) is 1.70. The Morgan fingerprint density at radius 3 is 2.81 bits per heavy atom. The summed E-state index contributed by atoms with van der Waals surface area (Å²) in [6.45, 7) is 3.44. The van der Waals surface area contributed by atoms with E-state index in [2.05, 4.69) is 9.88 Å². The maximum absolute atomic E-state index is 12.7. The van der Waals surface area contributed by atoms with E-state index in [0.29, 0.717) is 17.2 Å². The summed E-state index contributed by atoms with van der Waals surface area (Å²) in [4.78, 5) is 21.7. The van der Waals surface area contributed by atoms with E-state index in [9.17, 15) is 4.79 Å². The van der Waals surface area contributed by atoms with Gasteiger partial charge in [0.2, 0.25) is 0 Å². The average Bonchev–Trinajstić information content (AvgIpc) is 3.16. The maximum atomic E-state index is 12.7. The van der Waals surface area contributed by atoms with Gasteiger partial charge in [0.1, 0.15) is 10.7 Å². The first-order chi connectivity index (χ1) is 10.2. The molecule has 0 aromatic carbocycles. The van der Waals surface area contributed by atoms with Gasteiger partial charge in [-0.05, 0) is 25.7 Å². The standard InChI is InChI=1S/C14H22N4O2S/c1-20-10-5-4-8-18(9-10)13(19)11-12(15)16-14(21-11)17-6-2-3-7-17/h10H,2-9,15H2,1H3. The van der Waals surface area contributed by atoms with Crippen molar-refractivity contribution < 1.29 is 9.53 Å². The number of methoxy groups -OCH3 is 1. The Hall–Kier alpha value is -1.34. The summed E-state index contributed by atoms with van der Waals surface area (Å²) < 4.78 is 5.38. The molecular formula is C14H22N4O2S. The number of amides is 1. The van der Waals surface area contributed by atoms with Gasteiger partial charge >= 0.3 is 0 Å². The molecule has 0 bridgehead atoms. The molecule has 116 valence electrons. The molecule has 6 nitrogen and oxygen atoms in total. The van der Waals surface area contributed by atoms with Crippen LogP contribution in [0.2, 0.25) is 0 Å². The Balaban J connectivity index is 1.74. The van der Waals surface area contributed by atoms with Crippen molar-refractivity contribution >= 4 is 28.2 Å². The van der Waals surface area contributed by atoms with E-state index in [1.54, 1.807) is 7.11 Å². The third-order valence-electron chi connectivity index (χ3n) is 4.21. The zero-order valence-electron chi connectivity index (χ0n) is 12.4. The van der Waals surface area contributed by atoms with Crippen LogP contribution in [0.4, 0.5) is 10.9 Å². The number of nitrogens with zero attached hydrogens (tertiary/aromatic N) is 3. The number of hydrogen-bond donors (Lipinski definition) is 1. The molecule has 7 heteroatoms. The number of ether oxygens (including phenoxy) is 1. The van der Waals surface area contributed by atoms with Gasteiger partial charge < -0.3 is 20.3 Å². The monoisotopic (exact) mass is 310 g/mol. The number of rotatable bonds is 3.